The van der Waals surface area contributed by atoms with E-state index in [1.807, 2.05) is 24.3 Å². The van der Waals surface area contributed by atoms with Crippen molar-refractivity contribution in [2.45, 2.75) is 6.54 Å². The second-order valence-electron chi connectivity index (χ2n) is 5.01. The third-order valence-corrected chi connectivity index (χ3v) is 3.33. The van der Waals surface area contributed by atoms with Crippen LogP contribution in [0.4, 0.5) is 9.18 Å². The molecule has 0 unspecified atom stereocenters. The molecule has 2 amide bonds. The summed E-state index contributed by atoms with van der Waals surface area (Å²) in [6.07, 6.45) is 1.55. The molecule has 0 bridgehead atoms. The molecule has 0 aliphatic heterocycles. The van der Waals surface area contributed by atoms with E-state index in [9.17, 15) is 9.18 Å². The van der Waals surface area contributed by atoms with Crippen molar-refractivity contribution in [3.8, 4) is 0 Å². The zero-order valence-electron chi connectivity index (χ0n) is 12.0. The largest absolute Gasteiger partial charge is 0.336 e. The zero-order chi connectivity index (χ0) is 15.5. The number of halogens is 1. The number of imidazole rings is 1. The highest BCUT2D eigenvalue weighted by molar-refractivity contribution is 5.84. The quantitative estimate of drug-likeness (QED) is 0.808. The van der Waals surface area contributed by atoms with E-state index in [1.165, 1.54) is 17.0 Å². The number of nitrogens with zero attached hydrogens (tertiary/aromatic N) is 3. The summed E-state index contributed by atoms with van der Waals surface area (Å²) in [5.74, 6) is -0.313. The highest BCUT2D eigenvalue weighted by Crippen LogP contribution is 2.11. The number of hydrogen-bond acceptors (Lipinski definition) is 2. The molecule has 1 aromatic heterocycles. The van der Waals surface area contributed by atoms with Crippen LogP contribution in [0.2, 0.25) is 0 Å². The maximum atomic E-state index is 13.2. The molecule has 2 aromatic carbocycles. The average Bonchev–Trinajstić information content (AvgIpc) is 2.90. The van der Waals surface area contributed by atoms with E-state index in [2.05, 4.69) is 10.4 Å². The van der Waals surface area contributed by atoms with Gasteiger partial charge < -0.3 is 4.90 Å². The number of nitrogens with one attached hydrogen (secondary N) is 1. The first-order valence-corrected chi connectivity index (χ1v) is 6.82. The van der Waals surface area contributed by atoms with Gasteiger partial charge in [-0.1, -0.05) is 24.3 Å². The zero-order valence-corrected chi connectivity index (χ0v) is 12.0. The lowest BCUT2D eigenvalue weighted by Gasteiger charge is -2.18. The van der Waals surface area contributed by atoms with E-state index in [0.29, 0.717) is 6.54 Å². The molecule has 0 radical (unpaired) electrons. The fraction of sp³-hybridized carbons (Fsp3) is 0.125. The minimum Gasteiger partial charge on any atom is -0.322 e. The summed E-state index contributed by atoms with van der Waals surface area (Å²) in [6.45, 7) is 0.316. The number of carbonyl (C=O) groups excluding carboxylic acids is 1. The molecule has 0 fully saturated rings. The van der Waals surface area contributed by atoms with Crippen molar-refractivity contribution in [2.75, 3.05) is 12.5 Å². The number of para-hydroxylation sites is 2. The summed E-state index contributed by atoms with van der Waals surface area (Å²) in [4.78, 5) is 17.9. The minimum atomic E-state index is -0.313. The van der Waals surface area contributed by atoms with Crippen LogP contribution >= 0.6 is 0 Å². The van der Waals surface area contributed by atoms with Crippen molar-refractivity contribution in [1.29, 1.82) is 0 Å². The van der Waals surface area contributed by atoms with Crippen molar-refractivity contribution in [2.24, 2.45) is 0 Å². The Balaban J connectivity index is 1.71. The topological polar surface area (TPSA) is 50.2 Å². The molecule has 0 aliphatic rings. The van der Waals surface area contributed by atoms with E-state index >= 15 is 0 Å². The Morgan fingerprint density at radius 1 is 1.27 bits per heavy atom. The lowest BCUT2D eigenvalue weighted by atomic mass is 10.2. The predicted molar refractivity (Wildman–Crippen MR) is 82.4 cm³/mol. The molecule has 3 rings (SSSR count). The van der Waals surface area contributed by atoms with Crippen molar-refractivity contribution in [1.82, 2.24) is 14.6 Å². The minimum absolute atomic E-state index is 0.299. The van der Waals surface area contributed by atoms with Crippen LogP contribution in [-0.4, -0.2) is 27.6 Å². The normalized spacial score (nSPS) is 10.6. The van der Waals surface area contributed by atoms with Gasteiger partial charge in [-0.15, -0.1) is 0 Å². The Kier molecular flexibility index (Phi) is 3.74. The highest BCUT2D eigenvalue weighted by atomic mass is 19.1. The molecule has 112 valence electrons. The number of fused-ring (bicyclic) bond motifs is 1. The van der Waals surface area contributed by atoms with Crippen LogP contribution in [0.15, 0.2) is 54.9 Å². The lowest BCUT2D eigenvalue weighted by Crippen LogP contribution is -2.35. The maximum absolute atomic E-state index is 13.2. The number of urea groups is 1. The number of carbonyl (C=O) groups is 1. The van der Waals surface area contributed by atoms with Crippen molar-refractivity contribution >= 4 is 17.1 Å². The van der Waals surface area contributed by atoms with E-state index in [0.717, 1.165) is 16.6 Å². The molecule has 0 spiro atoms. The summed E-state index contributed by atoms with van der Waals surface area (Å²) < 4.78 is 14.7. The molecule has 6 heteroatoms. The van der Waals surface area contributed by atoms with E-state index in [1.54, 1.807) is 30.2 Å². The van der Waals surface area contributed by atoms with E-state index in [-0.39, 0.29) is 11.8 Å². The second kappa shape index (κ2) is 5.85. The molecule has 1 heterocycles. The first-order valence-electron chi connectivity index (χ1n) is 6.82. The third kappa shape index (κ3) is 2.90. The standard InChI is InChI=1S/C16H15FN4O/c1-20(10-12-5-4-6-13(17)9-12)16(22)19-21-11-18-14-7-2-3-8-15(14)21/h2-9,11H,10H2,1H3,(H,19,22). The molecule has 0 atom stereocenters. The van der Waals surface area contributed by atoms with Gasteiger partial charge in [-0.05, 0) is 29.8 Å². The fourth-order valence-corrected chi connectivity index (χ4v) is 2.22. The summed E-state index contributed by atoms with van der Waals surface area (Å²) >= 11 is 0. The number of amides is 2. The molecule has 0 saturated heterocycles. The van der Waals surface area contributed by atoms with Crippen LogP contribution in [-0.2, 0) is 6.54 Å². The van der Waals surface area contributed by atoms with Gasteiger partial charge in [0.15, 0.2) is 0 Å². The second-order valence-corrected chi connectivity index (χ2v) is 5.01. The van der Waals surface area contributed by atoms with Gasteiger partial charge in [0.2, 0.25) is 0 Å². The van der Waals surface area contributed by atoms with Crippen molar-refractivity contribution in [3.63, 3.8) is 0 Å². The SMILES string of the molecule is CN(Cc1cccc(F)c1)C(=O)Nn1cnc2ccccc21. The Hall–Kier alpha value is -2.89. The summed E-state index contributed by atoms with van der Waals surface area (Å²) in [5, 5.41) is 0. The summed E-state index contributed by atoms with van der Waals surface area (Å²) in [6, 6.07) is 13.4. The molecule has 1 N–H and O–H groups in total. The van der Waals surface area contributed by atoms with Gasteiger partial charge in [0, 0.05) is 13.6 Å². The van der Waals surface area contributed by atoms with Crippen LogP contribution in [0.25, 0.3) is 11.0 Å². The molecule has 3 aromatic rings. The average molecular weight is 298 g/mol. The monoisotopic (exact) mass is 298 g/mol. The van der Waals surface area contributed by atoms with Gasteiger partial charge in [-0.25, -0.2) is 24.3 Å². The van der Waals surface area contributed by atoms with Crippen LogP contribution < -0.4 is 5.43 Å². The number of hydrogen-bond donors (Lipinski definition) is 1. The first-order chi connectivity index (χ1) is 10.6. The summed E-state index contributed by atoms with van der Waals surface area (Å²) in [7, 11) is 1.65. The van der Waals surface area contributed by atoms with Crippen LogP contribution in [0.5, 0.6) is 0 Å². The lowest BCUT2D eigenvalue weighted by molar-refractivity contribution is 0.217. The van der Waals surface area contributed by atoms with E-state index < -0.39 is 0 Å². The molecule has 0 aliphatic carbocycles. The van der Waals surface area contributed by atoms with Gasteiger partial charge in [0.05, 0.1) is 11.0 Å². The highest BCUT2D eigenvalue weighted by Gasteiger charge is 2.11. The van der Waals surface area contributed by atoms with Crippen molar-refractivity contribution < 1.29 is 9.18 Å². The predicted octanol–water partition coefficient (Wildman–Crippen LogP) is 2.97. The molecular formula is C16H15FN4O. The molecular weight excluding hydrogens is 283 g/mol. The van der Waals surface area contributed by atoms with Crippen LogP contribution in [0.1, 0.15) is 5.56 Å². The Labute approximate surface area is 127 Å². The number of benzene rings is 2. The Bertz CT molecular complexity index is 815. The first kappa shape index (κ1) is 14.1. The van der Waals surface area contributed by atoms with Crippen molar-refractivity contribution in [3.05, 3.63) is 66.2 Å². The number of aromatic nitrogens is 2. The fourth-order valence-electron chi connectivity index (χ4n) is 2.22. The third-order valence-electron chi connectivity index (χ3n) is 3.33. The molecule has 0 saturated carbocycles. The maximum Gasteiger partial charge on any atom is 0.336 e. The van der Waals surface area contributed by atoms with E-state index in [4.69, 9.17) is 0 Å². The van der Waals surface area contributed by atoms with Gasteiger partial charge in [0.1, 0.15) is 12.1 Å². The van der Waals surface area contributed by atoms with Gasteiger partial charge >= 0.3 is 6.03 Å². The smallest absolute Gasteiger partial charge is 0.322 e. The van der Waals surface area contributed by atoms with Gasteiger partial charge in [-0.2, -0.15) is 0 Å². The van der Waals surface area contributed by atoms with Crippen LogP contribution in [0.3, 0.4) is 0 Å². The van der Waals surface area contributed by atoms with Gasteiger partial charge in [0.25, 0.3) is 0 Å². The molecule has 22 heavy (non-hydrogen) atoms. The Morgan fingerprint density at radius 3 is 2.91 bits per heavy atom. The number of rotatable bonds is 3. The Morgan fingerprint density at radius 2 is 2.09 bits per heavy atom. The summed E-state index contributed by atoms with van der Waals surface area (Å²) in [5.41, 5.74) is 5.09. The molecule has 5 nitrogen and oxygen atoms in total. The van der Waals surface area contributed by atoms with Gasteiger partial charge in [-0.3, -0.25) is 0 Å². The van der Waals surface area contributed by atoms with Crippen LogP contribution in [0, 0.1) is 5.82 Å².